The van der Waals surface area contributed by atoms with Gasteiger partial charge >= 0.3 is 0 Å². The predicted octanol–water partition coefficient (Wildman–Crippen LogP) is -0.481. The SMILES string of the molecule is Cc1ccnnn1.O=S([O-])O. The molecule has 0 aliphatic rings. The van der Waals surface area contributed by atoms with Crippen molar-refractivity contribution >= 4 is 11.4 Å². The zero-order valence-electron chi connectivity index (χ0n) is 5.67. The zero-order chi connectivity index (χ0) is 8.69. The largest absolute Gasteiger partial charge is 0.750 e. The van der Waals surface area contributed by atoms with Crippen LogP contribution in [0.15, 0.2) is 12.3 Å². The van der Waals surface area contributed by atoms with Gasteiger partial charge < -0.3 is 9.11 Å². The van der Waals surface area contributed by atoms with Crippen LogP contribution < -0.4 is 0 Å². The van der Waals surface area contributed by atoms with Crippen LogP contribution >= 0.6 is 0 Å². The van der Waals surface area contributed by atoms with Gasteiger partial charge in [0.15, 0.2) is 0 Å². The molecule has 0 spiro atoms. The van der Waals surface area contributed by atoms with E-state index in [0.717, 1.165) is 5.69 Å². The fraction of sp³-hybridized carbons (Fsp3) is 0.250. The maximum atomic E-state index is 8.56. The Bertz CT molecular complexity index is 213. The molecule has 1 N–H and O–H groups in total. The van der Waals surface area contributed by atoms with Crippen LogP contribution in [0, 0.1) is 6.92 Å². The summed E-state index contributed by atoms with van der Waals surface area (Å²) >= 11 is -2.86. The van der Waals surface area contributed by atoms with Crippen LogP contribution in [0.5, 0.6) is 0 Å². The van der Waals surface area contributed by atoms with E-state index in [1.807, 2.05) is 6.92 Å². The summed E-state index contributed by atoms with van der Waals surface area (Å²) in [6.07, 6.45) is 1.61. The fourth-order valence-electron chi connectivity index (χ4n) is 0.301. The van der Waals surface area contributed by atoms with Gasteiger partial charge in [0.05, 0.1) is 23.3 Å². The lowest BCUT2D eigenvalue weighted by molar-refractivity contribution is 0.436. The Hall–Kier alpha value is -0.920. The first-order valence-electron chi connectivity index (χ1n) is 2.52. The smallest absolute Gasteiger partial charge is 0.0814 e. The Morgan fingerprint density at radius 2 is 2.27 bits per heavy atom. The van der Waals surface area contributed by atoms with E-state index < -0.39 is 11.4 Å². The van der Waals surface area contributed by atoms with E-state index in [2.05, 4.69) is 15.4 Å². The van der Waals surface area contributed by atoms with E-state index in [1.54, 1.807) is 12.3 Å². The van der Waals surface area contributed by atoms with E-state index in [9.17, 15) is 0 Å². The second kappa shape index (κ2) is 5.83. The van der Waals surface area contributed by atoms with Crippen molar-refractivity contribution in [3.8, 4) is 0 Å². The molecule has 1 heterocycles. The number of hydrogen-bond acceptors (Lipinski definition) is 5. The molecule has 1 rings (SSSR count). The molecular weight excluding hydrogens is 170 g/mol. The van der Waals surface area contributed by atoms with Crippen LogP contribution in [0.25, 0.3) is 0 Å². The van der Waals surface area contributed by atoms with Crippen molar-refractivity contribution in [2.45, 2.75) is 6.92 Å². The number of rotatable bonds is 0. The van der Waals surface area contributed by atoms with Crippen molar-refractivity contribution in [1.82, 2.24) is 15.4 Å². The third kappa shape index (κ3) is 9.08. The van der Waals surface area contributed by atoms with Crippen molar-refractivity contribution in [3.63, 3.8) is 0 Å². The minimum absolute atomic E-state index is 0.898. The number of hydrogen-bond donors (Lipinski definition) is 1. The standard InChI is InChI=1S/C4H5N3.H2O3S/c1-4-2-3-5-7-6-4;1-4(2)3/h2-3H,1H3;(H2,1,2,3)/p-1. The van der Waals surface area contributed by atoms with Crippen LogP contribution in [0.2, 0.25) is 0 Å². The van der Waals surface area contributed by atoms with Crippen LogP contribution in [0.1, 0.15) is 5.69 Å². The summed E-state index contributed by atoms with van der Waals surface area (Å²) in [7, 11) is 0. The van der Waals surface area contributed by atoms with Crippen molar-refractivity contribution in [2.24, 2.45) is 0 Å². The quantitative estimate of drug-likeness (QED) is 0.536. The van der Waals surface area contributed by atoms with Crippen LogP contribution in [-0.2, 0) is 11.4 Å². The zero-order valence-corrected chi connectivity index (χ0v) is 6.48. The van der Waals surface area contributed by atoms with Crippen molar-refractivity contribution in [1.29, 1.82) is 0 Å². The molecule has 0 aromatic carbocycles. The highest BCUT2D eigenvalue weighted by Gasteiger charge is 1.76. The van der Waals surface area contributed by atoms with Gasteiger partial charge in [-0.1, -0.05) is 0 Å². The summed E-state index contributed by atoms with van der Waals surface area (Å²) in [5.41, 5.74) is 0.898. The minimum Gasteiger partial charge on any atom is -0.750 e. The third-order valence-electron chi connectivity index (χ3n) is 0.637. The molecule has 1 aromatic rings. The van der Waals surface area contributed by atoms with Gasteiger partial charge in [0.25, 0.3) is 0 Å². The van der Waals surface area contributed by atoms with Gasteiger partial charge in [-0.25, -0.2) is 4.21 Å². The number of aromatic nitrogens is 3. The first kappa shape index (κ1) is 10.1. The minimum atomic E-state index is -2.86. The Balaban J connectivity index is 0.000000218. The molecule has 0 saturated heterocycles. The Morgan fingerprint density at radius 3 is 2.45 bits per heavy atom. The van der Waals surface area contributed by atoms with E-state index in [0.29, 0.717) is 0 Å². The molecule has 11 heavy (non-hydrogen) atoms. The lowest BCUT2D eigenvalue weighted by Crippen LogP contribution is -1.85. The molecule has 1 aromatic heterocycles. The van der Waals surface area contributed by atoms with E-state index in [1.165, 1.54) is 0 Å². The van der Waals surface area contributed by atoms with Gasteiger partial charge in [-0.05, 0) is 18.2 Å². The first-order valence-corrected chi connectivity index (χ1v) is 3.55. The highest BCUT2D eigenvalue weighted by molar-refractivity contribution is 7.73. The molecule has 0 amide bonds. The summed E-state index contributed by atoms with van der Waals surface area (Å²) in [6.45, 7) is 1.87. The predicted molar refractivity (Wildman–Crippen MR) is 36.1 cm³/mol. The third-order valence-corrected chi connectivity index (χ3v) is 0.637. The maximum Gasteiger partial charge on any atom is 0.0814 e. The van der Waals surface area contributed by atoms with Crippen LogP contribution in [0.4, 0.5) is 0 Å². The molecule has 0 bridgehead atoms. The second-order valence-electron chi connectivity index (χ2n) is 1.48. The summed E-state index contributed by atoms with van der Waals surface area (Å²) in [6, 6.07) is 1.80. The summed E-state index contributed by atoms with van der Waals surface area (Å²) < 4.78 is 24.1. The van der Waals surface area contributed by atoms with Gasteiger partial charge in [0.1, 0.15) is 0 Å². The van der Waals surface area contributed by atoms with E-state index in [4.69, 9.17) is 13.3 Å². The number of nitrogens with zero attached hydrogens (tertiary/aromatic N) is 3. The maximum absolute atomic E-state index is 8.56. The molecular formula is C4H6N3O3S-. The number of aryl methyl sites for hydroxylation is 1. The van der Waals surface area contributed by atoms with Gasteiger partial charge in [0.2, 0.25) is 0 Å². The molecule has 1 atom stereocenters. The summed E-state index contributed by atoms with van der Waals surface area (Å²) in [5, 5.41) is 10.5. The lowest BCUT2D eigenvalue weighted by atomic mass is 10.5. The average Bonchev–Trinajstić information content (AvgIpc) is 1.87. The molecule has 0 aliphatic carbocycles. The van der Waals surface area contributed by atoms with Crippen molar-refractivity contribution in [2.75, 3.05) is 0 Å². The molecule has 0 fully saturated rings. The van der Waals surface area contributed by atoms with Gasteiger partial charge in [-0.15, -0.1) is 10.2 Å². The highest BCUT2D eigenvalue weighted by atomic mass is 32.2. The molecule has 6 nitrogen and oxygen atoms in total. The lowest BCUT2D eigenvalue weighted by Gasteiger charge is -1.83. The van der Waals surface area contributed by atoms with Gasteiger partial charge in [0, 0.05) is 0 Å². The fourth-order valence-corrected chi connectivity index (χ4v) is 0.301. The Kier molecular flexibility index (Phi) is 5.35. The highest BCUT2D eigenvalue weighted by Crippen LogP contribution is 1.79. The molecule has 7 heteroatoms. The topological polar surface area (TPSA) is 99.0 Å². The molecule has 62 valence electrons. The molecule has 0 aliphatic heterocycles. The Morgan fingerprint density at radius 1 is 1.73 bits per heavy atom. The van der Waals surface area contributed by atoms with Crippen molar-refractivity contribution < 1.29 is 13.3 Å². The molecule has 0 saturated carbocycles. The Labute approximate surface area is 65.8 Å². The molecule has 1 unspecified atom stereocenters. The van der Waals surface area contributed by atoms with Gasteiger partial charge in [-0.2, -0.15) is 0 Å². The van der Waals surface area contributed by atoms with Crippen molar-refractivity contribution in [3.05, 3.63) is 18.0 Å². The van der Waals surface area contributed by atoms with Crippen LogP contribution in [0.3, 0.4) is 0 Å². The van der Waals surface area contributed by atoms with E-state index in [-0.39, 0.29) is 0 Å². The second-order valence-corrected chi connectivity index (χ2v) is 1.91. The van der Waals surface area contributed by atoms with Crippen LogP contribution in [-0.4, -0.2) is 28.7 Å². The van der Waals surface area contributed by atoms with E-state index >= 15 is 0 Å². The summed E-state index contributed by atoms with van der Waals surface area (Å²) in [5.74, 6) is 0. The monoisotopic (exact) mass is 176 g/mol. The normalized spacial score (nSPS) is 11.2. The molecule has 0 radical (unpaired) electrons. The van der Waals surface area contributed by atoms with Gasteiger partial charge in [-0.3, -0.25) is 0 Å². The average molecular weight is 176 g/mol. The summed E-state index contributed by atoms with van der Waals surface area (Å²) in [4.78, 5) is 0. The first-order chi connectivity index (χ1) is 5.13.